The highest BCUT2D eigenvalue weighted by molar-refractivity contribution is 5.37. The third-order valence-electron chi connectivity index (χ3n) is 1.56. The molecule has 0 aliphatic carbocycles. The van der Waals surface area contributed by atoms with Crippen molar-refractivity contribution in [1.29, 1.82) is 0 Å². The summed E-state index contributed by atoms with van der Waals surface area (Å²) in [6.45, 7) is 17.0. The van der Waals surface area contributed by atoms with E-state index in [-0.39, 0.29) is 6.47 Å². The lowest BCUT2D eigenvalue weighted by atomic mass is 10.4. The second kappa shape index (κ2) is 14.3. The molecule has 1 atom stereocenters. The lowest BCUT2D eigenvalue weighted by molar-refractivity contribution is -0.144. The molecular weight excluding hydrogens is 218 g/mol. The summed E-state index contributed by atoms with van der Waals surface area (Å²) in [4.78, 5) is 11.5. The van der Waals surface area contributed by atoms with Crippen LogP contribution in [0.15, 0.2) is 50.6 Å². The molecule has 17 heavy (non-hydrogen) atoms. The van der Waals surface area contributed by atoms with E-state index in [0.29, 0.717) is 0 Å². The fraction of sp³-hybridized carbons (Fsp3) is 0.308. The maximum atomic E-state index is 9.34. The minimum Gasteiger partial charge on any atom is -0.434 e. The number of carbonyl (C=O) groups excluding carboxylic acids is 1. The second-order valence-corrected chi connectivity index (χ2v) is 2.94. The quantitative estimate of drug-likeness (QED) is 0.376. The Kier molecular flexibility index (Phi) is 15.0. The van der Waals surface area contributed by atoms with Gasteiger partial charge in [0.2, 0.25) is 6.29 Å². The van der Waals surface area contributed by atoms with E-state index in [9.17, 15) is 4.79 Å². The van der Waals surface area contributed by atoms with Crippen molar-refractivity contribution in [3.63, 3.8) is 0 Å². The zero-order chi connectivity index (χ0) is 13.5. The van der Waals surface area contributed by atoms with E-state index in [2.05, 4.69) is 36.0 Å². The van der Waals surface area contributed by atoms with E-state index in [4.69, 9.17) is 5.11 Å². The molecule has 1 N–H and O–H groups in total. The van der Waals surface area contributed by atoms with Crippen molar-refractivity contribution in [3.05, 3.63) is 50.6 Å². The molecule has 4 nitrogen and oxygen atoms in total. The summed E-state index contributed by atoms with van der Waals surface area (Å²) in [7, 11) is 0. The van der Waals surface area contributed by atoms with Gasteiger partial charge in [-0.1, -0.05) is 24.8 Å². The van der Waals surface area contributed by atoms with Gasteiger partial charge in [0.1, 0.15) is 0 Å². The molecule has 0 radical (unpaired) electrons. The summed E-state index contributed by atoms with van der Waals surface area (Å²) in [6.07, 6.45) is 5.60. The van der Waals surface area contributed by atoms with Gasteiger partial charge in [0.15, 0.2) is 0 Å². The van der Waals surface area contributed by atoms with Crippen LogP contribution in [0.3, 0.4) is 0 Å². The number of nitrogens with zero attached hydrogens (tertiary/aromatic N) is 1. The summed E-state index contributed by atoms with van der Waals surface area (Å²) in [5.74, 6) is 0. The molecular formula is C13H21NO3. The second-order valence-electron chi connectivity index (χ2n) is 2.94. The van der Waals surface area contributed by atoms with Crippen molar-refractivity contribution in [2.45, 2.75) is 6.29 Å². The molecule has 0 heterocycles. The number of aliphatic hydroxyl groups is 1. The van der Waals surface area contributed by atoms with Crippen LogP contribution >= 0.6 is 0 Å². The van der Waals surface area contributed by atoms with Crippen LogP contribution in [0, 0.1) is 0 Å². The van der Waals surface area contributed by atoms with E-state index in [1.807, 2.05) is 18.2 Å². The summed E-state index contributed by atoms with van der Waals surface area (Å²) < 4.78 is 3.95. The molecule has 0 aliphatic rings. The first-order valence-corrected chi connectivity index (χ1v) is 5.11. The van der Waals surface area contributed by atoms with Gasteiger partial charge in [0, 0.05) is 19.6 Å². The minimum absolute atomic E-state index is 0.159. The molecule has 0 aliphatic heterocycles. The lowest BCUT2D eigenvalue weighted by Crippen LogP contribution is -2.23. The van der Waals surface area contributed by atoms with Crippen molar-refractivity contribution in [2.24, 2.45) is 0 Å². The molecule has 0 spiro atoms. The van der Waals surface area contributed by atoms with Gasteiger partial charge in [0.25, 0.3) is 6.47 Å². The Labute approximate surface area is 103 Å². The molecule has 0 rings (SSSR count). The average Bonchev–Trinajstić information content (AvgIpc) is 2.31. The predicted molar refractivity (Wildman–Crippen MR) is 70.4 cm³/mol. The van der Waals surface area contributed by atoms with Crippen LogP contribution in [0.5, 0.6) is 0 Å². The highest BCUT2D eigenvalue weighted by Gasteiger charge is 1.94. The van der Waals surface area contributed by atoms with Crippen LogP contribution in [0.4, 0.5) is 0 Å². The molecule has 1 unspecified atom stereocenters. The smallest absolute Gasteiger partial charge is 0.295 e. The fourth-order valence-electron chi connectivity index (χ4n) is 0.884. The Bertz CT molecular complexity index is 215. The summed E-state index contributed by atoms with van der Waals surface area (Å²) in [6, 6.07) is 0. The van der Waals surface area contributed by atoms with Gasteiger partial charge in [0.05, 0.1) is 0 Å². The van der Waals surface area contributed by atoms with Crippen LogP contribution in [-0.4, -0.2) is 42.4 Å². The summed E-state index contributed by atoms with van der Waals surface area (Å²) in [5.41, 5.74) is 0. The number of carbonyl (C=O) groups is 1. The third-order valence-corrected chi connectivity index (χ3v) is 1.56. The van der Waals surface area contributed by atoms with Gasteiger partial charge < -0.3 is 9.84 Å². The van der Waals surface area contributed by atoms with Crippen LogP contribution in [0.1, 0.15) is 0 Å². The standard InChI is InChI=1S/C9H15N.C4H6O3/c1-4-7-10(8-5-2)9-6-3;1-2-4(6)7-3-5/h4-6H,1-3,7-9H2;2-4,6H,1H2. The zero-order valence-electron chi connectivity index (χ0n) is 10.1. The van der Waals surface area contributed by atoms with Crippen molar-refractivity contribution in [2.75, 3.05) is 19.6 Å². The lowest BCUT2D eigenvalue weighted by Gasteiger charge is -2.15. The molecule has 0 bridgehead atoms. The molecule has 0 saturated carbocycles. The number of ether oxygens (including phenoxy) is 1. The molecule has 0 aromatic heterocycles. The molecule has 0 aromatic carbocycles. The predicted octanol–water partition coefficient (Wildman–Crippen LogP) is 1.51. The normalized spacial score (nSPS) is 10.5. The van der Waals surface area contributed by atoms with Crippen LogP contribution in [-0.2, 0) is 9.53 Å². The van der Waals surface area contributed by atoms with Crippen molar-refractivity contribution in [1.82, 2.24) is 4.90 Å². The van der Waals surface area contributed by atoms with E-state index < -0.39 is 6.29 Å². The van der Waals surface area contributed by atoms with Gasteiger partial charge in [-0.25, -0.2) is 0 Å². The zero-order valence-corrected chi connectivity index (χ0v) is 10.1. The highest BCUT2D eigenvalue weighted by Crippen LogP contribution is 1.88. The number of rotatable bonds is 9. The summed E-state index contributed by atoms with van der Waals surface area (Å²) in [5, 5.41) is 8.29. The Hall–Kier alpha value is -1.65. The molecule has 0 aromatic rings. The van der Waals surface area contributed by atoms with E-state index in [0.717, 1.165) is 25.7 Å². The molecule has 0 saturated heterocycles. The first-order valence-electron chi connectivity index (χ1n) is 5.11. The van der Waals surface area contributed by atoms with Crippen molar-refractivity contribution in [3.8, 4) is 0 Å². The van der Waals surface area contributed by atoms with Gasteiger partial charge in [-0.3, -0.25) is 9.69 Å². The SMILES string of the molecule is C=CC(O)OC=O.C=CCN(CC=C)CC=C. The highest BCUT2D eigenvalue weighted by atomic mass is 16.6. The topological polar surface area (TPSA) is 49.8 Å². The Morgan fingerprint density at radius 2 is 1.47 bits per heavy atom. The number of hydrogen-bond acceptors (Lipinski definition) is 4. The van der Waals surface area contributed by atoms with Crippen molar-refractivity contribution < 1.29 is 14.6 Å². The Morgan fingerprint density at radius 1 is 1.06 bits per heavy atom. The number of aliphatic hydroxyl groups excluding tert-OH is 1. The summed E-state index contributed by atoms with van der Waals surface area (Å²) >= 11 is 0. The van der Waals surface area contributed by atoms with Gasteiger partial charge in [-0.15, -0.1) is 19.7 Å². The monoisotopic (exact) mass is 239 g/mol. The van der Waals surface area contributed by atoms with E-state index in [1.54, 1.807) is 0 Å². The van der Waals surface area contributed by atoms with Crippen molar-refractivity contribution >= 4 is 6.47 Å². The first kappa shape index (κ1) is 17.7. The Morgan fingerprint density at radius 3 is 1.65 bits per heavy atom. The minimum atomic E-state index is -1.16. The first-order chi connectivity index (χ1) is 8.15. The van der Waals surface area contributed by atoms with Gasteiger partial charge >= 0.3 is 0 Å². The molecule has 0 fully saturated rings. The fourth-order valence-corrected chi connectivity index (χ4v) is 0.884. The van der Waals surface area contributed by atoms with E-state index >= 15 is 0 Å². The Balaban J connectivity index is 0. The molecule has 0 amide bonds. The third kappa shape index (κ3) is 14.4. The maximum Gasteiger partial charge on any atom is 0.295 e. The largest absolute Gasteiger partial charge is 0.434 e. The van der Waals surface area contributed by atoms with Crippen LogP contribution in [0.2, 0.25) is 0 Å². The molecule has 96 valence electrons. The van der Waals surface area contributed by atoms with Gasteiger partial charge in [-0.05, 0) is 6.08 Å². The van der Waals surface area contributed by atoms with Crippen LogP contribution in [0.25, 0.3) is 0 Å². The number of hydrogen-bond donors (Lipinski definition) is 1. The van der Waals surface area contributed by atoms with E-state index in [1.165, 1.54) is 0 Å². The maximum absolute atomic E-state index is 9.34. The van der Waals surface area contributed by atoms with Crippen LogP contribution < -0.4 is 0 Å². The van der Waals surface area contributed by atoms with Gasteiger partial charge in [-0.2, -0.15) is 0 Å². The average molecular weight is 239 g/mol. The molecule has 4 heteroatoms.